The number of ether oxygens (including phenoxy) is 1. The third-order valence-electron chi connectivity index (χ3n) is 5.21. The number of piperidine rings is 1. The molecule has 1 aliphatic rings. The molecule has 1 aromatic carbocycles. The van der Waals surface area contributed by atoms with Crippen LogP contribution in [0.3, 0.4) is 0 Å². The number of hydrogen-bond donors (Lipinski definition) is 1. The second-order valence-corrected chi connectivity index (χ2v) is 7.09. The number of rotatable bonds is 9. The van der Waals surface area contributed by atoms with E-state index in [1.807, 2.05) is 0 Å². The van der Waals surface area contributed by atoms with Gasteiger partial charge in [0.2, 0.25) is 0 Å². The average molecular weight is 502 g/mol. The summed E-state index contributed by atoms with van der Waals surface area (Å²) in [6.45, 7) is 16.3. The van der Waals surface area contributed by atoms with E-state index in [0.29, 0.717) is 6.10 Å². The maximum absolute atomic E-state index is 5.76. The van der Waals surface area contributed by atoms with Gasteiger partial charge in [-0.25, -0.2) is 4.99 Å². The average Bonchev–Trinajstić information content (AvgIpc) is 2.71. The van der Waals surface area contributed by atoms with Crippen molar-refractivity contribution in [1.82, 2.24) is 15.1 Å². The number of nitrogens with zero attached hydrogens (tertiary/aromatic N) is 3. The van der Waals surface area contributed by atoms with E-state index >= 15 is 0 Å². The van der Waals surface area contributed by atoms with Crippen LogP contribution in [-0.4, -0.2) is 61.2 Å². The molecule has 1 N–H and O–H groups in total. The molecule has 0 bridgehead atoms. The van der Waals surface area contributed by atoms with Gasteiger partial charge in [-0.3, -0.25) is 4.90 Å². The highest BCUT2D eigenvalue weighted by atomic mass is 127. The number of benzene rings is 1. The van der Waals surface area contributed by atoms with E-state index < -0.39 is 0 Å². The summed E-state index contributed by atoms with van der Waals surface area (Å²) >= 11 is 0. The zero-order valence-electron chi connectivity index (χ0n) is 18.1. The monoisotopic (exact) mass is 502 g/mol. The van der Waals surface area contributed by atoms with Gasteiger partial charge >= 0.3 is 0 Å². The van der Waals surface area contributed by atoms with Gasteiger partial charge in [0, 0.05) is 32.8 Å². The molecule has 1 heterocycles. The van der Waals surface area contributed by atoms with Crippen molar-refractivity contribution in [3.63, 3.8) is 0 Å². The molecule has 0 spiro atoms. The molecule has 0 radical (unpaired) electrons. The summed E-state index contributed by atoms with van der Waals surface area (Å²) in [5, 5.41) is 3.45. The molecule has 160 valence electrons. The zero-order chi connectivity index (χ0) is 19.5. The molecule has 0 atom stereocenters. The lowest BCUT2D eigenvalue weighted by Crippen LogP contribution is -2.47. The molecule has 5 nitrogen and oxygen atoms in total. The van der Waals surface area contributed by atoms with Crippen molar-refractivity contribution >= 4 is 29.9 Å². The lowest BCUT2D eigenvalue weighted by Gasteiger charge is -2.34. The van der Waals surface area contributed by atoms with E-state index in [1.165, 1.54) is 11.1 Å². The molecule has 1 aromatic rings. The largest absolute Gasteiger partial charge is 0.378 e. The van der Waals surface area contributed by atoms with E-state index in [-0.39, 0.29) is 24.0 Å². The molecule has 0 aromatic heterocycles. The van der Waals surface area contributed by atoms with E-state index in [2.05, 4.69) is 67.1 Å². The molecule has 6 heteroatoms. The molecule has 1 aliphatic heterocycles. The Hall–Kier alpha value is -0.860. The maximum atomic E-state index is 5.76. The minimum absolute atomic E-state index is 0. The van der Waals surface area contributed by atoms with Crippen LogP contribution in [0, 0.1) is 0 Å². The van der Waals surface area contributed by atoms with E-state index in [1.54, 1.807) is 0 Å². The first kappa shape index (κ1) is 25.2. The van der Waals surface area contributed by atoms with Crippen molar-refractivity contribution in [1.29, 1.82) is 0 Å². The molecule has 1 saturated heterocycles. The van der Waals surface area contributed by atoms with Gasteiger partial charge in [-0.15, -0.1) is 24.0 Å². The number of hydrogen-bond acceptors (Lipinski definition) is 3. The molecule has 0 unspecified atom stereocenters. The Kier molecular flexibility index (Phi) is 12.7. The number of halogens is 1. The first-order chi connectivity index (χ1) is 13.2. The molecule has 1 fully saturated rings. The second-order valence-electron chi connectivity index (χ2n) is 7.09. The third-order valence-corrected chi connectivity index (χ3v) is 5.21. The number of nitrogens with one attached hydrogen (secondary N) is 1. The fourth-order valence-electron chi connectivity index (χ4n) is 3.52. The summed E-state index contributed by atoms with van der Waals surface area (Å²) in [5.41, 5.74) is 2.63. The van der Waals surface area contributed by atoms with Crippen LogP contribution in [0.15, 0.2) is 29.3 Å². The Morgan fingerprint density at radius 1 is 1.07 bits per heavy atom. The zero-order valence-corrected chi connectivity index (χ0v) is 20.4. The van der Waals surface area contributed by atoms with Gasteiger partial charge in [-0.1, -0.05) is 38.1 Å². The second kappa shape index (κ2) is 14.2. The highest BCUT2D eigenvalue weighted by Gasteiger charge is 2.21. The third kappa shape index (κ3) is 8.25. The van der Waals surface area contributed by atoms with Gasteiger partial charge in [-0.2, -0.15) is 0 Å². The molecule has 28 heavy (non-hydrogen) atoms. The standard InChI is InChI=1S/C22H38N4O.HI/c1-5-23-22(26-15-13-21(14-16-26)27-8-4)24-17-19-9-11-20(12-10-19)18-25(6-2)7-3;/h9-12,21H,5-8,13-18H2,1-4H3,(H,23,24);1H. The molecule has 2 rings (SSSR count). The Bertz CT molecular complexity index is 552. The SMILES string of the molecule is CCNC(=NCc1ccc(CN(CC)CC)cc1)N1CCC(OCC)CC1.I. The Morgan fingerprint density at radius 2 is 1.68 bits per heavy atom. The van der Waals surface area contributed by atoms with Crippen LogP contribution in [0.5, 0.6) is 0 Å². The fourth-order valence-corrected chi connectivity index (χ4v) is 3.52. The minimum atomic E-state index is 0. The van der Waals surface area contributed by atoms with Gasteiger partial charge in [0.05, 0.1) is 12.6 Å². The van der Waals surface area contributed by atoms with Crippen LogP contribution in [0.25, 0.3) is 0 Å². The number of aliphatic imine (C=N–C) groups is 1. The predicted molar refractivity (Wildman–Crippen MR) is 130 cm³/mol. The molecule has 0 aliphatic carbocycles. The number of likely N-dealkylation sites (tertiary alicyclic amines) is 1. The van der Waals surface area contributed by atoms with Gasteiger partial charge in [0.15, 0.2) is 5.96 Å². The summed E-state index contributed by atoms with van der Waals surface area (Å²) in [6.07, 6.45) is 2.57. The summed E-state index contributed by atoms with van der Waals surface area (Å²) < 4.78 is 5.76. The van der Waals surface area contributed by atoms with Crippen LogP contribution in [0.1, 0.15) is 51.7 Å². The van der Waals surface area contributed by atoms with Crippen molar-refractivity contribution in [2.45, 2.75) is 59.7 Å². The van der Waals surface area contributed by atoms with Crippen LogP contribution in [-0.2, 0) is 17.8 Å². The topological polar surface area (TPSA) is 40.1 Å². The van der Waals surface area contributed by atoms with E-state index in [0.717, 1.165) is 71.2 Å². The van der Waals surface area contributed by atoms with E-state index in [9.17, 15) is 0 Å². The Morgan fingerprint density at radius 3 is 2.21 bits per heavy atom. The normalized spacial score (nSPS) is 15.6. The molecule has 0 saturated carbocycles. The van der Waals surface area contributed by atoms with Crippen molar-refractivity contribution < 1.29 is 4.74 Å². The lowest BCUT2D eigenvalue weighted by molar-refractivity contribution is 0.0263. The number of guanidine groups is 1. The van der Waals surface area contributed by atoms with Gasteiger partial charge in [-0.05, 0) is 50.9 Å². The van der Waals surface area contributed by atoms with Crippen LogP contribution < -0.4 is 5.32 Å². The van der Waals surface area contributed by atoms with Crippen LogP contribution in [0.2, 0.25) is 0 Å². The van der Waals surface area contributed by atoms with Crippen molar-refractivity contribution in [2.24, 2.45) is 4.99 Å². The minimum Gasteiger partial charge on any atom is -0.378 e. The summed E-state index contributed by atoms with van der Waals surface area (Å²) in [6, 6.07) is 8.91. The smallest absolute Gasteiger partial charge is 0.194 e. The predicted octanol–water partition coefficient (Wildman–Crippen LogP) is 4.11. The van der Waals surface area contributed by atoms with Crippen molar-refractivity contribution in [2.75, 3.05) is 39.3 Å². The molecular weight excluding hydrogens is 463 g/mol. The quantitative estimate of drug-likeness (QED) is 0.314. The fraction of sp³-hybridized carbons (Fsp3) is 0.682. The highest BCUT2D eigenvalue weighted by Crippen LogP contribution is 2.14. The van der Waals surface area contributed by atoms with Crippen LogP contribution >= 0.6 is 24.0 Å². The van der Waals surface area contributed by atoms with Gasteiger partial charge < -0.3 is 15.0 Å². The first-order valence-electron chi connectivity index (χ1n) is 10.6. The Labute approximate surface area is 188 Å². The van der Waals surface area contributed by atoms with Gasteiger partial charge in [0.1, 0.15) is 0 Å². The lowest BCUT2D eigenvalue weighted by atomic mass is 10.1. The first-order valence-corrected chi connectivity index (χ1v) is 10.6. The van der Waals surface area contributed by atoms with Crippen molar-refractivity contribution in [3.8, 4) is 0 Å². The van der Waals surface area contributed by atoms with Gasteiger partial charge in [0.25, 0.3) is 0 Å². The molecule has 0 amide bonds. The highest BCUT2D eigenvalue weighted by molar-refractivity contribution is 14.0. The van der Waals surface area contributed by atoms with Crippen LogP contribution in [0.4, 0.5) is 0 Å². The van der Waals surface area contributed by atoms with Crippen molar-refractivity contribution in [3.05, 3.63) is 35.4 Å². The summed E-state index contributed by atoms with van der Waals surface area (Å²) in [5.74, 6) is 1.03. The summed E-state index contributed by atoms with van der Waals surface area (Å²) in [7, 11) is 0. The molecular formula is C22H39IN4O. The Balaban J connectivity index is 0.00000392. The maximum Gasteiger partial charge on any atom is 0.194 e. The van der Waals surface area contributed by atoms with E-state index in [4.69, 9.17) is 9.73 Å². The summed E-state index contributed by atoms with van der Waals surface area (Å²) in [4.78, 5) is 9.68.